The predicted molar refractivity (Wildman–Crippen MR) is 84.9 cm³/mol. The quantitative estimate of drug-likeness (QED) is 0.846. The van der Waals surface area contributed by atoms with Gasteiger partial charge in [-0.05, 0) is 35.4 Å². The number of carbonyl (C=O) groups is 1. The number of hydrogen-bond donors (Lipinski definition) is 2. The Bertz CT molecular complexity index is 710. The Labute approximate surface area is 133 Å². The second kappa shape index (κ2) is 7.11. The third-order valence-electron chi connectivity index (χ3n) is 3.08. The molecule has 5 heteroatoms. The summed E-state index contributed by atoms with van der Waals surface area (Å²) >= 11 is 6.02. The third kappa shape index (κ3) is 3.87. The van der Waals surface area contributed by atoms with E-state index in [1.165, 1.54) is 19.2 Å². The van der Waals surface area contributed by atoms with Crippen LogP contribution in [0.3, 0.4) is 0 Å². The van der Waals surface area contributed by atoms with E-state index >= 15 is 0 Å². The van der Waals surface area contributed by atoms with Crippen LogP contribution >= 0.6 is 11.6 Å². The van der Waals surface area contributed by atoms with Crippen LogP contribution in [0.15, 0.2) is 48.5 Å². The van der Waals surface area contributed by atoms with Gasteiger partial charge in [-0.1, -0.05) is 42.0 Å². The first-order valence-electron chi connectivity index (χ1n) is 6.54. The van der Waals surface area contributed by atoms with Crippen molar-refractivity contribution in [2.24, 2.45) is 0 Å². The van der Waals surface area contributed by atoms with Crippen LogP contribution in [0.2, 0.25) is 5.02 Å². The SMILES string of the molecule is COC(=O)c1ccc(C(O)C=Cc2cccc(O)c2)cc1Cl. The Kier molecular flexibility index (Phi) is 5.20. The van der Waals surface area contributed by atoms with E-state index < -0.39 is 12.1 Å². The van der Waals surface area contributed by atoms with Gasteiger partial charge in [0.15, 0.2) is 0 Å². The molecule has 4 nitrogen and oxygen atoms in total. The Morgan fingerprint density at radius 3 is 2.68 bits per heavy atom. The first-order valence-corrected chi connectivity index (χ1v) is 6.92. The lowest BCUT2D eigenvalue weighted by atomic mass is 10.1. The van der Waals surface area contributed by atoms with Gasteiger partial charge in [0.05, 0.1) is 23.8 Å². The fourth-order valence-electron chi connectivity index (χ4n) is 1.93. The lowest BCUT2D eigenvalue weighted by Gasteiger charge is -2.09. The fourth-order valence-corrected chi connectivity index (χ4v) is 2.20. The van der Waals surface area contributed by atoms with Crippen molar-refractivity contribution in [2.45, 2.75) is 6.10 Å². The molecule has 0 fully saturated rings. The van der Waals surface area contributed by atoms with E-state index in [1.54, 1.807) is 42.5 Å². The topological polar surface area (TPSA) is 66.8 Å². The van der Waals surface area contributed by atoms with Crippen LogP contribution in [-0.4, -0.2) is 23.3 Å². The summed E-state index contributed by atoms with van der Waals surface area (Å²) in [5.41, 5.74) is 1.56. The van der Waals surface area contributed by atoms with Gasteiger partial charge in [0, 0.05) is 0 Å². The zero-order valence-corrected chi connectivity index (χ0v) is 12.6. The van der Waals surface area contributed by atoms with Crippen molar-refractivity contribution in [3.63, 3.8) is 0 Å². The Morgan fingerprint density at radius 2 is 2.05 bits per heavy atom. The summed E-state index contributed by atoms with van der Waals surface area (Å²) < 4.78 is 4.61. The van der Waals surface area contributed by atoms with Crippen molar-refractivity contribution >= 4 is 23.6 Å². The molecule has 2 N–H and O–H groups in total. The number of esters is 1. The Hall–Kier alpha value is -2.30. The Balaban J connectivity index is 2.17. The maximum absolute atomic E-state index is 11.5. The number of phenols is 1. The molecule has 22 heavy (non-hydrogen) atoms. The van der Waals surface area contributed by atoms with Crippen LogP contribution in [0.1, 0.15) is 27.6 Å². The summed E-state index contributed by atoms with van der Waals surface area (Å²) in [5, 5.41) is 19.7. The summed E-state index contributed by atoms with van der Waals surface area (Å²) in [7, 11) is 1.28. The molecule has 0 saturated heterocycles. The van der Waals surface area contributed by atoms with Gasteiger partial charge in [0.1, 0.15) is 5.75 Å². The number of methoxy groups -OCH3 is 1. The highest BCUT2D eigenvalue weighted by atomic mass is 35.5. The first-order chi connectivity index (χ1) is 10.5. The van der Waals surface area contributed by atoms with Crippen LogP contribution in [0.5, 0.6) is 5.75 Å². The molecular formula is C17H15ClO4. The van der Waals surface area contributed by atoms with E-state index in [-0.39, 0.29) is 16.3 Å². The number of rotatable bonds is 4. The van der Waals surface area contributed by atoms with Crippen LogP contribution < -0.4 is 0 Å². The molecule has 2 rings (SSSR count). The van der Waals surface area contributed by atoms with Gasteiger partial charge in [-0.15, -0.1) is 0 Å². The first kappa shape index (κ1) is 16.1. The minimum Gasteiger partial charge on any atom is -0.508 e. The molecule has 0 spiro atoms. The van der Waals surface area contributed by atoms with E-state index in [4.69, 9.17) is 11.6 Å². The average molecular weight is 319 g/mol. The van der Waals surface area contributed by atoms with Crippen LogP contribution in [0, 0.1) is 0 Å². The average Bonchev–Trinajstić information content (AvgIpc) is 2.51. The highest BCUT2D eigenvalue weighted by Crippen LogP contribution is 2.24. The number of aliphatic hydroxyl groups is 1. The molecule has 0 aromatic heterocycles. The number of aliphatic hydroxyl groups excluding tert-OH is 1. The number of halogens is 1. The number of ether oxygens (including phenoxy) is 1. The van der Waals surface area contributed by atoms with Crippen molar-refractivity contribution < 1.29 is 19.7 Å². The third-order valence-corrected chi connectivity index (χ3v) is 3.39. The molecule has 2 aromatic rings. The van der Waals surface area contributed by atoms with Gasteiger partial charge in [-0.2, -0.15) is 0 Å². The highest BCUT2D eigenvalue weighted by Gasteiger charge is 2.13. The molecule has 1 atom stereocenters. The Morgan fingerprint density at radius 1 is 1.27 bits per heavy atom. The van der Waals surface area contributed by atoms with Gasteiger partial charge >= 0.3 is 5.97 Å². The number of carbonyl (C=O) groups excluding carboxylic acids is 1. The molecule has 0 heterocycles. The molecule has 1 unspecified atom stereocenters. The largest absolute Gasteiger partial charge is 0.508 e. The normalized spacial score (nSPS) is 12.3. The summed E-state index contributed by atoms with van der Waals surface area (Å²) in [5.74, 6) is -0.372. The molecular weight excluding hydrogens is 304 g/mol. The van der Waals surface area contributed by atoms with Gasteiger partial charge in [-0.25, -0.2) is 4.79 Å². The van der Waals surface area contributed by atoms with Gasteiger partial charge in [0.25, 0.3) is 0 Å². The molecule has 0 aliphatic carbocycles. The van der Waals surface area contributed by atoms with E-state index in [9.17, 15) is 15.0 Å². The fraction of sp³-hybridized carbons (Fsp3) is 0.118. The van der Waals surface area contributed by atoms with Crippen molar-refractivity contribution in [3.8, 4) is 5.75 Å². The molecule has 0 aliphatic heterocycles. The predicted octanol–water partition coefficient (Wildman–Crippen LogP) is 3.58. The van der Waals surface area contributed by atoms with E-state index in [1.807, 2.05) is 0 Å². The van der Waals surface area contributed by atoms with Gasteiger partial charge < -0.3 is 14.9 Å². The number of aromatic hydroxyl groups is 1. The molecule has 114 valence electrons. The maximum atomic E-state index is 11.5. The number of hydrogen-bond acceptors (Lipinski definition) is 4. The lowest BCUT2D eigenvalue weighted by molar-refractivity contribution is 0.0601. The standard InChI is InChI=1S/C17H15ClO4/c1-22-17(21)14-7-6-12(10-15(14)18)16(20)8-5-11-3-2-4-13(19)9-11/h2-10,16,19-20H,1H3. The van der Waals surface area contributed by atoms with E-state index in [2.05, 4.69) is 4.74 Å². The smallest absolute Gasteiger partial charge is 0.339 e. The number of phenolic OH excluding ortho intramolecular Hbond substituents is 1. The summed E-state index contributed by atoms with van der Waals surface area (Å²) in [6.07, 6.45) is 2.37. The second-order valence-electron chi connectivity index (χ2n) is 4.63. The van der Waals surface area contributed by atoms with E-state index in [0.29, 0.717) is 5.56 Å². The minimum absolute atomic E-state index is 0.155. The van der Waals surface area contributed by atoms with Crippen LogP contribution in [-0.2, 0) is 4.74 Å². The second-order valence-corrected chi connectivity index (χ2v) is 5.04. The molecule has 0 amide bonds. The lowest BCUT2D eigenvalue weighted by Crippen LogP contribution is -2.03. The summed E-state index contributed by atoms with van der Waals surface area (Å²) in [4.78, 5) is 11.5. The minimum atomic E-state index is -0.883. The molecule has 0 aliphatic rings. The molecule has 0 bridgehead atoms. The van der Waals surface area contributed by atoms with Gasteiger partial charge in [0.2, 0.25) is 0 Å². The zero-order valence-electron chi connectivity index (χ0n) is 11.9. The zero-order chi connectivity index (χ0) is 16.1. The molecule has 2 aromatic carbocycles. The van der Waals surface area contributed by atoms with Crippen LogP contribution in [0.25, 0.3) is 6.08 Å². The maximum Gasteiger partial charge on any atom is 0.339 e. The monoisotopic (exact) mass is 318 g/mol. The summed E-state index contributed by atoms with van der Waals surface area (Å²) in [6, 6.07) is 11.3. The van der Waals surface area contributed by atoms with E-state index in [0.717, 1.165) is 5.56 Å². The van der Waals surface area contributed by atoms with Crippen molar-refractivity contribution in [1.29, 1.82) is 0 Å². The molecule has 0 saturated carbocycles. The number of benzene rings is 2. The van der Waals surface area contributed by atoms with Crippen LogP contribution in [0.4, 0.5) is 0 Å². The van der Waals surface area contributed by atoms with Crippen molar-refractivity contribution in [3.05, 3.63) is 70.3 Å². The summed E-state index contributed by atoms with van der Waals surface area (Å²) in [6.45, 7) is 0. The highest BCUT2D eigenvalue weighted by molar-refractivity contribution is 6.33. The van der Waals surface area contributed by atoms with Crippen molar-refractivity contribution in [1.82, 2.24) is 0 Å². The van der Waals surface area contributed by atoms with Crippen molar-refractivity contribution in [2.75, 3.05) is 7.11 Å². The van der Waals surface area contributed by atoms with Gasteiger partial charge in [-0.3, -0.25) is 0 Å². The molecule has 0 radical (unpaired) electrons.